The van der Waals surface area contributed by atoms with Crippen LogP contribution in [0.2, 0.25) is 0 Å². The molecule has 0 saturated carbocycles. The van der Waals surface area contributed by atoms with E-state index < -0.39 is 25.9 Å². The Hall–Kier alpha value is 0.651. The van der Waals surface area contributed by atoms with Crippen LogP contribution in [0.5, 0.6) is 0 Å². The Labute approximate surface area is 164 Å². The van der Waals surface area contributed by atoms with Crippen LogP contribution in [-0.4, -0.2) is 52.8 Å². The number of aliphatic hydroxyl groups is 1. The van der Waals surface area contributed by atoms with Gasteiger partial charge in [-0.3, -0.25) is 0 Å². The number of rotatable bonds is 3. The van der Waals surface area contributed by atoms with Gasteiger partial charge in [-0.2, -0.15) is 0 Å². The fourth-order valence-electron chi connectivity index (χ4n) is 1.22. The summed E-state index contributed by atoms with van der Waals surface area (Å²) in [5.41, 5.74) is -1.55. The van der Waals surface area contributed by atoms with Crippen LogP contribution in [0.4, 0.5) is 0 Å². The molecular formula is C15H40O7SiTi. The Morgan fingerprint density at radius 2 is 0.792 bits per heavy atom. The number of hydrogen-bond acceptors (Lipinski definition) is 5. The van der Waals surface area contributed by atoms with Gasteiger partial charge in [-0.05, 0) is 76.2 Å². The molecule has 0 aliphatic carbocycles. The van der Waals surface area contributed by atoms with Crippen LogP contribution in [0.15, 0.2) is 0 Å². The van der Waals surface area contributed by atoms with E-state index in [1.165, 1.54) is 0 Å². The molecule has 6 N–H and O–H groups in total. The van der Waals surface area contributed by atoms with E-state index in [2.05, 4.69) is 0 Å². The first kappa shape index (κ1) is 35.7. The number of hydrogen-bond donors (Lipinski definition) is 2. The molecule has 0 spiro atoms. The van der Waals surface area contributed by atoms with Crippen LogP contribution < -0.4 is 0 Å². The fraction of sp³-hybridized carbons (Fsp3) is 1.00. The van der Waals surface area contributed by atoms with Gasteiger partial charge in [-0.25, -0.2) is 0 Å². The molecule has 0 aromatic carbocycles. The minimum atomic E-state index is -3.66. The first-order chi connectivity index (χ1) is 8.85. The molecule has 0 aromatic rings. The maximum absolute atomic E-state index is 10.5. The topological polar surface area (TPSA) is 131 Å². The summed E-state index contributed by atoms with van der Waals surface area (Å²) in [6.45, 7) is 20.2. The van der Waals surface area contributed by atoms with E-state index in [9.17, 15) is 4.80 Å². The molecule has 0 aliphatic rings. The second kappa shape index (κ2) is 12.9. The standard InChI is InChI=1S/C12H28O4Si.C3H8O.2H2O.Ti/c1-10(2,3)14-17(13,15-11(4,5)6)16-12(7,8)9;1-3(2)4;;;/h13H,1-9H3;3-4H,1-2H3;2*1H2;. The van der Waals surface area contributed by atoms with Crippen molar-refractivity contribution in [3.8, 4) is 0 Å². The van der Waals surface area contributed by atoms with Gasteiger partial charge in [-0.1, -0.05) is 0 Å². The maximum atomic E-state index is 10.5. The summed E-state index contributed by atoms with van der Waals surface area (Å²) in [5, 5.41) is 8.06. The molecule has 0 amide bonds. The molecule has 0 unspecified atom stereocenters. The summed E-state index contributed by atoms with van der Waals surface area (Å²) < 4.78 is 16.9. The zero-order chi connectivity index (χ0) is 17.7. The Morgan fingerprint density at radius 1 is 0.667 bits per heavy atom. The maximum Gasteiger partial charge on any atom is 0.678 e. The van der Waals surface area contributed by atoms with E-state index >= 15 is 0 Å². The van der Waals surface area contributed by atoms with Crippen molar-refractivity contribution in [2.75, 3.05) is 0 Å². The molecule has 0 bridgehead atoms. The van der Waals surface area contributed by atoms with Crippen molar-refractivity contribution in [3.63, 3.8) is 0 Å². The largest absolute Gasteiger partial charge is 0.678 e. The van der Waals surface area contributed by atoms with E-state index in [4.69, 9.17) is 18.4 Å². The molecule has 0 fully saturated rings. The Morgan fingerprint density at radius 3 is 0.875 bits per heavy atom. The molecule has 0 aliphatic heterocycles. The predicted molar refractivity (Wildman–Crippen MR) is 95.1 cm³/mol. The Balaban J connectivity index is -0.000000154. The third kappa shape index (κ3) is 30.5. The van der Waals surface area contributed by atoms with E-state index in [0.29, 0.717) is 0 Å². The van der Waals surface area contributed by atoms with Crippen LogP contribution in [-0.2, 0) is 35.0 Å². The summed E-state index contributed by atoms with van der Waals surface area (Å²) in [6.07, 6.45) is -0.167. The summed E-state index contributed by atoms with van der Waals surface area (Å²) in [4.78, 5) is 10.5. The molecule has 0 saturated heterocycles. The van der Waals surface area contributed by atoms with Gasteiger partial charge >= 0.3 is 9.05 Å². The first-order valence-corrected chi connectivity index (χ1v) is 9.03. The molecule has 0 atom stereocenters. The van der Waals surface area contributed by atoms with Crippen molar-refractivity contribution in [2.24, 2.45) is 0 Å². The molecule has 24 heavy (non-hydrogen) atoms. The van der Waals surface area contributed by atoms with Crippen LogP contribution in [0.25, 0.3) is 0 Å². The summed E-state index contributed by atoms with van der Waals surface area (Å²) in [6, 6.07) is 0. The predicted octanol–water partition coefficient (Wildman–Crippen LogP) is 1.59. The third-order valence-electron chi connectivity index (χ3n) is 1.31. The summed E-state index contributed by atoms with van der Waals surface area (Å²) >= 11 is 0. The number of aliphatic hydroxyl groups excluding tert-OH is 1. The average molecular weight is 408 g/mol. The smallest absolute Gasteiger partial charge is 0.412 e. The van der Waals surface area contributed by atoms with Gasteiger partial charge in [0, 0.05) is 27.8 Å². The van der Waals surface area contributed by atoms with Crippen molar-refractivity contribution in [1.82, 2.24) is 0 Å². The molecule has 0 rings (SSSR count). The fourth-order valence-corrected chi connectivity index (χ4v) is 3.67. The minimum Gasteiger partial charge on any atom is -0.412 e. The van der Waals surface area contributed by atoms with Crippen molar-refractivity contribution in [2.45, 2.75) is 99.1 Å². The van der Waals surface area contributed by atoms with Crippen LogP contribution in [0.3, 0.4) is 0 Å². The molecule has 9 heteroatoms. The van der Waals surface area contributed by atoms with Crippen molar-refractivity contribution in [1.29, 1.82) is 0 Å². The molecule has 0 aromatic heterocycles. The van der Waals surface area contributed by atoms with Gasteiger partial charge in [0.05, 0.1) is 16.8 Å². The van der Waals surface area contributed by atoms with Crippen LogP contribution in [0, 0.1) is 0 Å². The van der Waals surface area contributed by atoms with Gasteiger partial charge in [0.15, 0.2) is 0 Å². The van der Waals surface area contributed by atoms with Gasteiger partial charge in [0.2, 0.25) is 0 Å². The van der Waals surface area contributed by atoms with Gasteiger partial charge in [0.1, 0.15) is 0 Å². The van der Waals surface area contributed by atoms with Gasteiger partial charge in [0.25, 0.3) is 0 Å². The van der Waals surface area contributed by atoms with E-state index in [0.717, 1.165) is 0 Å². The molecule has 0 heterocycles. The normalized spacial score (nSPS) is 12.2. The SMILES string of the molecule is CC(C)(C)O[Si](O)(OC(C)(C)C)OC(C)(C)C.CC(C)O.O.O.[Ti]. The zero-order valence-electron chi connectivity index (χ0n) is 17.2. The van der Waals surface area contributed by atoms with Crippen molar-refractivity contribution < 1.29 is 55.9 Å². The first-order valence-electron chi connectivity index (χ1n) is 7.36. The van der Waals surface area contributed by atoms with Gasteiger partial charge in [-0.15, -0.1) is 0 Å². The second-order valence-corrected chi connectivity index (χ2v) is 9.92. The minimum absolute atomic E-state index is 0. The third-order valence-corrected chi connectivity index (χ3v) is 3.92. The van der Waals surface area contributed by atoms with E-state index in [-0.39, 0.29) is 38.8 Å². The van der Waals surface area contributed by atoms with Crippen molar-refractivity contribution >= 4 is 9.05 Å². The van der Waals surface area contributed by atoms with Crippen LogP contribution in [0.1, 0.15) is 76.2 Å². The van der Waals surface area contributed by atoms with E-state index in [1.54, 1.807) is 13.8 Å². The summed E-state index contributed by atoms with van der Waals surface area (Å²) in [5.74, 6) is 0. The monoisotopic (exact) mass is 408 g/mol. The average Bonchev–Trinajstić information content (AvgIpc) is 1.85. The molecular weight excluding hydrogens is 368 g/mol. The van der Waals surface area contributed by atoms with Gasteiger partial charge < -0.3 is 34.1 Å². The summed E-state index contributed by atoms with van der Waals surface area (Å²) in [7, 11) is -3.66. The molecule has 150 valence electrons. The quantitative estimate of drug-likeness (QED) is 0.685. The molecule has 7 nitrogen and oxygen atoms in total. The Kier molecular flexibility index (Phi) is 19.2. The zero-order valence-corrected chi connectivity index (χ0v) is 19.8. The Bertz CT molecular complexity index is 250. The molecule has 0 radical (unpaired) electrons. The van der Waals surface area contributed by atoms with Crippen LogP contribution >= 0.6 is 0 Å². The van der Waals surface area contributed by atoms with Crippen molar-refractivity contribution in [3.05, 3.63) is 0 Å². The van der Waals surface area contributed by atoms with E-state index in [1.807, 2.05) is 62.3 Å². The second-order valence-electron chi connectivity index (χ2n) is 8.26.